The van der Waals surface area contributed by atoms with E-state index in [1.807, 2.05) is 0 Å². The molecular weight excluding hydrogens is 174 g/mol. The zero-order valence-electron chi connectivity index (χ0n) is 7.32. The van der Waals surface area contributed by atoms with E-state index in [1.54, 1.807) is 0 Å². The minimum absolute atomic E-state index is 0.103. The predicted octanol–water partition coefficient (Wildman–Crippen LogP) is -0.954. The number of carbonyl (C=O) groups excluding carboxylic acids is 1. The number of nitrogens with two attached hydrogens (primary N) is 1. The molecule has 0 spiro atoms. The molecule has 2 N–H and O–H groups in total. The van der Waals surface area contributed by atoms with Crippen LogP contribution in [0.2, 0.25) is 0 Å². The number of esters is 1. The second-order valence-electron chi connectivity index (χ2n) is 3.52. The lowest BCUT2D eigenvalue weighted by Gasteiger charge is -2.29. The lowest BCUT2D eigenvalue weighted by Crippen LogP contribution is -2.52. The van der Waals surface area contributed by atoms with Gasteiger partial charge in [-0.1, -0.05) is 0 Å². The molecule has 0 aromatic carbocycles. The van der Waals surface area contributed by atoms with Crippen molar-refractivity contribution in [1.29, 1.82) is 0 Å². The van der Waals surface area contributed by atoms with Gasteiger partial charge < -0.3 is 19.9 Å². The van der Waals surface area contributed by atoms with Crippen LogP contribution in [0.15, 0.2) is 0 Å². The fraction of sp³-hybridized carbons (Fsp3) is 0.875. The van der Waals surface area contributed by atoms with E-state index in [1.165, 1.54) is 0 Å². The van der Waals surface area contributed by atoms with E-state index in [0.717, 1.165) is 0 Å². The van der Waals surface area contributed by atoms with E-state index in [-0.39, 0.29) is 18.7 Å². The lowest BCUT2D eigenvalue weighted by molar-refractivity contribution is -0.178. The van der Waals surface area contributed by atoms with Gasteiger partial charge in [0.2, 0.25) is 0 Å². The average molecular weight is 187 g/mol. The number of rotatable bonds is 2. The van der Waals surface area contributed by atoms with Crippen LogP contribution in [0.25, 0.3) is 0 Å². The van der Waals surface area contributed by atoms with Crippen molar-refractivity contribution in [3.63, 3.8) is 0 Å². The molecule has 0 saturated carbocycles. The second-order valence-corrected chi connectivity index (χ2v) is 3.52. The highest BCUT2D eigenvalue weighted by Gasteiger charge is 2.41. The Bertz CT molecular complexity index is 208. The maximum Gasteiger partial charge on any atom is 0.329 e. The minimum Gasteiger partial charge on any atom is -0.456 e. The molecule has 13 heavy (non-hydrogen) atoms. The monoisotopic (exact) mass is 187 g/mol. The molecule has 2 fully saturated rings. The molecule has 5 heteroatoms. The van der Waals surface area contributed by atoms with Crippen LogP contribution < -0.4 is 5.73 Å². The summed E-state index contributed by atoms with van der Waals surface area (Å²) < 4.78 is 15.0. The van der Waals surface area contributed by atoms with Gasteiger partial charge >= 0.3 is 5.97 Å². The van der Waals surface area contributed by atoms with Gasteiger partial charge in [-0.3, -0.25) is 0 Å². The first-order valence-electron chi connectivity index (χ1n) is 4.36. The van der Waals surface area contributed by atoms with Gasteiger partial charge in [0, 0.05) is 13.0 Å². The minimum atomic E-state index is -0.921. The molecule has 1 atom stereocenters. The third kappa shape index (κ3) is 1.67. The molecule has 2 saturated heterocycles. The van der Waals surface area contributed by atoms with Crippen molar-refractivity contribution >= 4 is 5.97 Å². The van der Waals surface area contributed by atoms with Crippen LogP contribution in [-0.2, 0) is 19.0 Å². The zero-order chi connectivity index (χ0) is 9.31. The fourth-order valence-electron chi connectivity index (χ4n) is 1.29. The Kier molecular flexibility index (Phi) is 2.23. The van der Waals surface area contributed by atoms with Crippen molar-refractivity contribution in [1.82, 2.24) is 0 Å². The molecule has 0 aromatic heterocycles. The number of hydrogen-bond donors (Lipinski definition) is 1. The summed E-state index contributed by atoms with van der Waals surface area (Å²) >= 11 is 0. The maximum atomic E-state index is 11.5. The van der Waals surface area contributed by atoms with Gasteiger partial charge in [-0.25, -0.2) is 4.79 Å². The lowest BCUT2D eigenvalue weighted by atomic mass is 10.0. The van der Waals surface area contributed by atoms with E-state index in [2.05, 4.69) is 0 Å². The second kappa shape index (κ2) is 3.25. The van der Waals surface area contributed by atoms with Crippen molar-refractivity contribution in [2.45, 2.75) is 18.1 Å². The van der Waals surface area contributed by atoms with Gasteiger partial charge in [0.15, 0.2) is 0 Å². The predicted molar refractivity (Wildman–Crippen MR) is 43.1 cm³/mol. The van der Waals surface area contributed by atoms with Crippen LogP contribution in [-0.4, -0.2) is 44.0 Å². The smallest absolute Gasteiger partial charge is 0.329 e. The summed E-state index contributed by atoms with van der Waals surface area (Å²) in [6.45, 7) is 1.78. The number of hydrogen-bond acceptors (Lipinski definition) is 5. The molecule has 1 unspecified atom stereocenters. The van der Waals surface area contributed by atoms with Gasteiger partial charge in [0.25, 0.3) is 0 Å². The van der Waals surface area contributed by atoms with E-state index in [9.17, 15) is 4.79 Å². The number of carbonyl (C=O) groups is 1. The fourth-order valence-corrected chi connectivity index (χ4v) is 1.29. The molecule has 2 heterocycles. The molecule has 74 valence electrons. The highest BCUT2D eigenvalue weighted by Crippen LogP contribution is 2.19. The third-order valence-corrected chi connectivity index (χ3v) is 2.34. The van der Waals surface area contributed by atoms with E-state index in [0.29, 0.717) is 26.2 Å². The van der Waals surface area contributed by atoms with Crippen LogP contribution in [0.5, 0.6) is 0 Å². The maximum absolute atomic E-state index is 11.5. The van der Waals surface area contributed by atoms with Gasteiger partial charge in [-0.15, -0.1) is 0 Å². The molecule has 2 aliphatic heterocycles. The Labute approximate surface area is 76.1 Å². The van der Waals surface area contributed by atoms with Gasteiger partial charge in [0.05, 0.1) is 19.8 Å². The van der Waals surface area contributed by atoms with Crippen LogP contribution in [0.4, 0.5) is 0 Å². The Hall–Kier alpha value is -0.650. The first-order valence-corrected chi connectivity index (χ1v) is 4.36. The van der Waals surface area contributed by atoms with Crippen LogP contribution in [0.3, 0.4) is 0 Å². The van der Waals surface area contributed by atoms with Crippen LogP contribution in [0, 0.1) is 0 Å². The van der Waals surface area contributed by atoms with E-state index >= 15 is 0 Å². The van der Waals surface area contributed by atoms with Crippen LogP contribution >= 0.6 is 0 Å². The topological polar surface area (TPSA) is 70.8 Å². The molecular formula is C8H13NO4. The highest BCUT2D eigenvalue weighted by molar-refractivity contribution is 5.81. The molecule has 5 nitrogen and oxygen atoms in total. The van der Waals surface area contributed by atoms with Gasteiger partial charge in [-0.05, 0) is 0 Å². The number of ether oxygens (including phenoxy) is 3. The largest absolute Gasteiger partial charge is 0.456 e. The summed E-state index contributed by atoms with van der Waals surface area (Å²) in [7, 11) is 0. The molecule has 0 aliphatic carbocycles. The third-order valence-electron chi connectivity index (χ3n) is 2.34. The summed E-state index contributed by atoms with van der Waals surface area (Å²) in [5, 5.41) is 0. The highest BCUT2D eigenvalue weighted by atomic mass is 16.6. The van der Waals surface area contributed by atoms with E-state index in [4.69, 9.17) is 19.9 Å². The SMILES string of the molecule is NC1(C(=O)OC2COC2)CCOC1. The van der Waals surface area contributed by atoms with Crippen molar-refractivity contribution in [2.24, 2.45) is 5.73 Å². The van der Waals surface area contributed by atoms with Crippen molar-refractivity contribution in [2.75, 3.05) is 26.4 Å². The Morgan fingerprint density at radius 2 is 2.23 bits per heavy atom. The van der Waals surface area contributed by atoms with Crippen molar-refractivity contribution < 1.29 is 19.0 Å². The molecule has 2 aliphatic rings. The van der Waals surface area contributed by atoms with Crippen molar-refractivity contribution in [3.05, 3.63) is 0 Å². The van der Waals surface area contributed by atoms with E-state index < -0.39 is 5.54 Å². The summed E-state index contributed by atoms with van der Waals surface area (Å²) in [6, 6.07) is 0. The molecule has 0 amide bonds. The Balaban J connectivity index is 1.87. The normalized spacial score (nSPS) is 34.2. The summed E-state index contributed by atoms with van der Waals surface area (Å²) in [4.78, 5) is 11.5. The molecule has 0 bridgehead atoms. The Morgan fingerprint density at radius 3 is 2.69 bits per heavy atom. The average Bonchev–Trinajstić information content (AvgIpc) is 2.45. The standard InChI is InChI=1S/C8H13NO4/c9-8(1-2-11-5-8)7(10)13-6-3-12-4-6/h6H,1-5,9H2. The quantitative estimate of drug-likeness (QED) is 0.564. The summed E-state index contributed by atoms with van der Waals surface area (Å²) in [6.07, 6.45) is 0.438. The molecule has 2 rings (SSSR count). The zero-order valence-corrected chi connectivity index (χ0v) is 7.32. The van der Waals surface area contributed by atoms with Gasteiger partial charge in [0.1, 0.15) is 11.6 Å². The molecule has 0 aromatic rings. The first kappa shape index (κ1) is 8.93. The first-order chi connectivity index (χ1) is 6.21. The Morgan fingerprint density at radius 1 is 1.46 bits per heavy atom. The van der Waals surface area contributed by atoms with Gasteiger partial charge in [-0.2, -0.15) is 0 Å². The van der Waals surface area contributed by atoms with Crippen LogP contribution in [0.1, 0.15) is 6.42 Å². The molecule has 0 radical (unpaired) electrons. The van der Waals surface area contributed by atoms with Crippen molar-refractivity contribution in [3.8, 4) is 0 Å². The summed E-state index contributed by atoms with van der Waals surface area (Å²) in [5.74, 6) is -0.363. The summed E-state index contributed by atoms with van der Waals surface area (Å²) in [5.41, 5.74) is 4.87.